The minimum Gasteiger partial charge on any atom is -0.334 e. The van der Waals surface area contributed by atoms with Crippen molar-refractivity contribution in [2.45, 2.75) is 31.7 Å². The molecular weight excluding hydrogens is 310 g/mol. The molecule has 0 saturated heterocycles. The maximum absolute atomic E-state index is 14.4. The van der Waals surface area contributed by atoms with Crippen LogP contribution in [0.2, 0.25) is 0 Å². The van der Waals surface area contributed by atoms with Crippen LogP contribution in [0.25, 0.3) is 0 Å². The highest BCUT2D eigenvalue weighted by atomic mass is 19.1. The van der Waals surface area contributed by atoms with Crippen molar-refractivity contribution in [3.8, 4) is 0 Å². The van der Waals surface area contributed by atoms with Gasteiger partial charge in [0.05, 0.1) is 6.04 Å². The van der Waals surface area contributed by atoms with Gasteiger partial charge in [0.25, 0.3) is 0 Å². The number of pyridine rings is 1. The Labute approximate surface area is 140 Å². The van der Waals surface area contributed by atoms with Gasteiger partial charge in [0.15, 0.2) is 0 Å². The first-order valence-electron chi connectivity index (χ1n) is 8.19. The minimum absolute atomic E-state index is 0.00470. The van der Waals surface area contributed by atoms with Crippen LogP contribution >= 0.6 is 0 Å². The van der Waals surface area contributed by atoms with Gasteiger partial charge < -0.3 is 4.90 Å². The fourth-order valence-corrected chi connectivity index (χ4v) is 3.46. The highest BCUT2D eigenvalue weighted by Crippen LogP contribution is 2.33. The number of aromatic nitrogens is 1. The van der Waals surface area contributed by atoms with Crippen molar-refractivity contribution in [3.05, 3.63) is 65.5 Å². The third-order valence-corrected chi connectivity index (χ3v) is 4.70. The number of carbonyl (C=O) groups is 1. The van der Waals surface area contributed by atoms with E-state index in [9.17, 15) is 13.6 Å². The van der Waals surface area contributed by atoms with E-state index < -0.39 is 17.7 Å². The monoisotopic (exact) mass is 330 g/mol. The Bertz CT molecular complexity index is 715. The Kier molecular flexibility index (Phi) is 4.88. The molecule has 3 nitrogen and oxygen atoms in total. The number of nitrogens with zero attached hydrogens (tertiary/aromatic N) is 2. The molecule has 2 aromatic rings. The SMILES string of the molecule is CN(C(=O)C1CCCC1)[C@@H](c1cccnc1)c1ccc(F)cc1F. The standard InChI is InChI=1S/C19H20F2N2O/c1-23(19(24)13-5-2-3-6-13)18(14-7-4-10-22-12-14)16-9-8-15(20)11-17(16)21/h4,7-13,18H,2-3,5-6H2,1H3/t18-/m0/s1. The molecule has 5 heteroatoms. The van der Waals surface area contributed by atoms with Gasteiger partial charge in [0, 0.05) is 37.0 Å². The first-order valence-corrected chi connectivity index (χ1v) is 8.19. The molecule has 3 rings (SSSR count). The number of amides is 1. The van der Waals surface area contributed by atoms with E-state index in [-0.39, 0.29) is 17.4 Å². The van der Waals surface area contributed by atoms with Gasteiger partial charge in [-0.15, -0.1) is 0 Å². The van der Waals surface area contributed by atoms with Crippen LogP contribution < -0.4 is 0 Å². The molecule has 0 spiro atoms. The maximum Gasteiger partial charge on any atom is 0.226 e. The summed E-state index contributed by atoms with van der Waals surface area (Å²) >= 11 is 0. The number of rotatable bonds is 4. The molecule has 1 saturated carbocycles. The largest absolute Gasteiger partial charge is 0.334 e. The normalized spacial score (nSPS) is 16.1. The Hall–Kier alpha value is -2.30. The number of hydrogen-bond acceptors (Lipinski definition) is 2. The molecule has 1 aliphatic carbocycles. The van der Waals surface area contributed by atoms with E-state index in [4.69, 9.17) is 0 Å². The average molecular weight is 330 g/mol. The van der Waals surface area contributed by atoms with Crippen molar-refractivity contribution in [1.29, 1.82) is 0 Å². The zero-order chi connectivity index (χ0) is 17.1. The van der Waals surface area contributed by atoms with E-state index in [0.717, 1.165) is 31.7 Å². The minimum atomic E-state index is -0.657. The summed E-state index contributed by atoms with van der Waals surface area (Å²) in [7, 11) is 1.68. The second-order valence-corrected chi connectivity index (χ2v) is 6.29. The Balaban J connectivity index is 2.00. The second kappa shape index (κ2) is 7.07. The molecule has 1 atom stereocenters. The van der Waals surface area contributed by atoms with Crippen molar-refractivity contribution < 1.29 is 13.6 Å². The van der Waals surface area contributed by atoms with Gasteiger partial charge in [-0.25, -0.2) is 8.78 Å². The lowest BCUT2D eigenvalue weighted by Crippen LogP contribution is -2.36. The lowest BCUT2D eigenvalue weighted by atomic mass is 9.96. The highest BCUT2D eigenvalue weighted by molar-refractivity contribution is 5.79. The molecule has 1 fully saturated rings. The Morgan fingerprint density at radius 3 is 2.62 bits per heavy atom. The average Bonchev–Trinajstić information content (AvgIpc) is 3.12. The van der Waals surface area contributed by atoms with Crippen LogP contribution in [0.1, 0.15) is 42.9 Å². The van der Waals surface area contributed by atoms with Gasteiger partial charge in [0.2, 0.25) is 5.91 Å². The third-order valence-electron chi connectivity index (χ3n) is 4.70. The van der Waals surface area contributed by atoms with Crippen molar-refractivity contribution in [2.75, 3.05) is 7.05 Å². The first kappa shape index (κ1) is 16.6. The lowest BCUT2D eigenvalue weighted by molar-refractivity contribution is -0.135. The summed E-state index contributed by atoms with van der Waals surface area (Å²) in [4.78, 5) is 18.5. The maximum atomic E-state index is 14.4. The predicted molar refractivity (Wildman–Crippen MR) is 87.2 cm³/mol. The van der Waals surface area contributed by atoms with Crippen LogP contribution in [0.5, 0.6) is 0 Å². The van der Waals surface area contributed by atoms with E-state index >= 15 is 0 Å². The summed E-state index contributed by atoms with van der Waals surface area (Å²) in [5.74, 6) is -1.30. The van der Waals surface area contributed by atoms with Gasteiger partial charge >= 0.3 is 0 Å². The van der Waals surface area contributed by atoms with Gasteiger partial charge in [-0.2, -0.15) is 0 Å². The molecule has 1 aromatic carbocycles. The molecule has 126 valence electrons. The molecule has 1 amide bonds. The van der Waals surface area contributed by atoms with E-state index in [1.165, 1.54) is 12.1 Å². The fraction of sp³-hybridized carbons (Fsp3) is 0.368. The number of benzene rings is 1. The van der Waals surface area contributed by atoms with Gasteiger partial charge in [-0.3, -0.25) is 9.78 Å². The molecule has 0 unspecified atom stereocenters. The predicted octanol–water partition coefficient (Wildman–Crippen LogP) is 4.10. The zero-order valence-corrected chi connectivity index (χ0v) is 13.6. The summed E-state index contributed by atoms with van der Waals surface area (Å²) < 4.78 is 27.7. The first-order chi connectivity index (χ1) is 11.6. The third kappa shape index (κ3) is 3.30. The van der Waals surface area contributed by atoms with E-state index in [0.29, 0.717) is 5.56 Å². The number of hydrogen-bond donors (Lipinski definition) is 0. The van der Waals surface area contributed by atoms with Crippen molar-refractivity contribution >= 4 is 5.91 Å². The van der Waals surface area contributed by atoms with Crippen molar-refractivity contribution in [2.24, 2.45) is 5.92 Å². The Morgan fingerprint density at radius 2 is 2.00 bits per heavy atom. The van der Waals surface area contributed by atoms with E-state index in [2.05, 4.69) is 4.98 Å². The van der Waals surface area contributed by atoms with Crippen LogP contribution in [-0.2, 0) is 4.79 Å². The summed E-state index contributed by atoms with van der Waals surface area (Å²) in [6, 6.07) is 6.41. The van der Waals surface area contributed by atoms with Crippen LogP contribution in [-0.4, -0.2) is 22.8 Å². The molecule has 0 bridgehead atoms. The van der Waals surface area contributed by atoms with Gasteiger partial charge in [-0.1, -0.05) is 25.0 Å². The Morgan fingerprint density at radius 1 is 1.25 bits per heavy atom. The molecule has 24 heavy (non-hydrogen) atoms. The number of halogens is 2. The molecule has 0 radical (unpaired) electrons. The molecule has 1 heterocycles. The second-order valence-electron chi connectivity index (χ2n) is 6.29. The number of carbonyl (C=O) groups excluding carboxylic acids is 1. The van der Waals surface area contributed by atoms with Crippen LogP contribution in [0, 0.1) is 17.6 Å². The molecular formula is C19H20F2N2O. The quantitative estimate of drug-likeness (QED) is 0.846. The molecule has 1 aliphatic rings. The van der Waals surface area contributed by atoms with Gasteiger partial charge in [-0.05, 0) is 30.5 Å². The fourth-order valence-electron chi connectivity index (χ4n) is 3.46. The molecule has 0 aliphatic heterocycles. The summed E-state index contributed by atoms with van der Waals surface area (Å²) in [5, 5.41) is 0. The topological polar surface area (TPSA) is 33.2 Å². The molecule has 1 aromatic heterocycles. The highest BCUT2D eigenvalue weighted by Gasteiger charge is 2.32. The van der Waals surface area contributed by atoms with Crippen molar-refractivity contribution in [3.63, 3.8) is 0 Å². The van der Waals surface area contributed by atoms with Crippen molar-refractivity contribution in [1.82, 2.24) is 9.88 Å². The summed E-state index contributed by atoms with van der Waals surface area (Å²) in [6.07, 6.45) is 7.08. The van der Waals surface area contributed by atoms with E-state index in [1.54, 1.807) is 36.5 Å². The summed E-state index contributed by atoms with van der Waals surface area (Å²) in [5.41, 5.74) is 0.982. The van der Waals surface area contributed by atoms with Crippen LogP contribution in [0.4, 0.5) is 8.78 Å². The van der Waals surface area contributed by atoms with Crippen LogP contribution in [0.3, 0.4) is 0 Å². The van der Waals surface area contributed by atoms with Crippen LogP contribution in [0.15, 0.2) is 42.7 Å². The zero-order valence-electron chi connectivity index (χ0n) is 13.6. The smallest absolute Gasteiger partial charge is 0.226 e. The summed E-state index contributed by atoms with van der Waals surface area (Å²) in [6.45, 7) is 0. The molecule has 0 N–H and O–H groups in total. The van der Waals surface area contributed by atoms with E-state index in [1.807, 2.05) is 0 Å². The lowest BCUT2D eigenvalue weighted by Gasteiger charge is -2.31. The van der Waals surface area contributed by atoms with Gasteiger partial charge in [0.1, 0.15) is 11.6 Å².